The van der Waals surface area contributed by atoms with Gasteiger partial charge in [-0.2, -0.15) is 0 Å². The Kier molecular flexibility index (Phi) is 8.57. The van der Waals surface area contributed by atoms with Crippen LogP contribution >= 0.6 is 12.4 Å². The molecular weight excluding hydrogens is 328 g/mol. The zero-order valence-corrected chi connectivity index (χ0v) is 15.0. The number of carbonyl (C=O) groups is 2. The first-order chi connectivity index (χ1) is 11.1. The van der Waals surface area contributed by atoms with Crippen molar-refractivity contribution in [3.63, 3.8) is 0 Å². The second-order valence-electron chi connectivity index (χ2n) is 5.99. The molecule has 6 nitrogen and oxygen atoms in total. The smallest absolute Gasteiger partial charge is 0.319 e. The molecule has 0 aliphatic heterocycles. The topological polar surface area (TPSA) is 82.3 Å². The van der Waals surface area contributed by atoms with Crippen LogP contribution in [0.4, 0.5) is 10.5 Å². The van der Waals surface area contributed by atoms with E-state index in [4.69, 9.17) is 0 Å². The van der Waals surface area contributed by atoms with Gasteiger partial charge in [-0.15, -0.1) is 12.4 Å². The Morgan fingerprint density at radius 3 is 2.46 bits per heavy atom. The van der Waals surface area contributed by atoms with E-state index in [9.17, 15) is 9.59 Å². The summed E-state index contributed by atoms with van der Waals surface area (Å²) in [7, 11) is 1.88. The number of anilines is 1. The van der Waals surface area contributed by atoms with Crippen LogP contribution < -0.4 is 21.3 Å². The van der Waals surface area contributed by atoms with Crippen molar-refractivity contribution in [1.82, 2.24) is 16.0 Å². The third-order valence-electron chi connectivity index (χ3n) is 3.79. The molecule has 1 unspecified atom stereocenters. The van der Waals surface area contributed by atoms with Crippen LogP contribution in [0.5, 0.6) is 0 Å². The molecule has 0 heterocycles. The molecule has 134 valence electrons. The van der Waals surface area contributed by atoms with Crippen LogP contribution in [0.15, 0.2) is 24.3 Å². The summed E-state index contributed by atoms with van der Waals surface area (Å²) in [6.45, 7) is 2.79. The van der Waals surface area contributed by atoms with E-state index in [1.807, 2.05) is 38.2 Å². The van der Waals surface area contributed by atoms with Crippen LogP contribution in [-0.2, 0) is 4.79 Å². The zero-order valence-electron chi connectivity index (χ0n) is 14.2. The summed E-state index contributed by atoms with van der Waals surface area (Å²) in [5, 5.41) is 11.7. The maximum absolute atomic E-state index is 11.8. The predicted molar refractivity (Wildman–Crippen MR) is 98.6 cm³/mol. The van der Waals surface area contributed by atoms with Crippen molar-refractivity contribution < 1.29 is 9.59 Å². The highest BCUT2D eigenvalue weighted by Gasteiger charge is 2.23. The van der Waals surface area contributed by atoms with Crippen molar-refractivity contribution in [2.45, 2.75) is 44.7 Å². The minimum Gasteiger partial charge on any atom is -0.350 e. The monoisotopic (exact) mass is 354 g/mol. The normalized spacial score (nSPS) is 14.2. The second kappa shape index (κ2) is 10.2. The fourth-order valence-corrected chi connectivity index (χ4v) is 2.26. The first-order valence-electron chi connectivity index (χ1n) is 8.20. The molecular formula is C17H27ClN4O2. The number of carbonyl (C=O) groups excluding carboxylic acids is 2. The number of rotatable bonds is 8. The van der Waals surface area contributed by atoms with Crippen molar-refractivity contribution in [2.24, 2.45) is 0 Å². The molecule has 4 N–H and O–H groups in total. The number of halogens is 1. The van der Waals surface area contributed by atoms with Crippen LogP contribution in [0.25, 0.3) is 0 Å². The first kappa shape index (κ1) is 20.3. The highest BCUT2D eigenvalue weighted by molar-refractivity contribution is 5.89. The molecule has 1 fully saturated rings. The molecule has 1 aromatic rings. The van der Waals surface area contributed by atoms with E-state index >= 15 is 0 Å². The Morgan fingerprint density at radius 2 is 1.88 bits per heavy atom. The Bertz CT molecular complexity index is 532. The van der Waals surface area contributed by atoms with Crippen molar-refractivity contribution >= 4 is 30.0 Å². The van der Waals surface area contributed by atoms with Gasteiger partial charge in [-0.05, 0) is 57.5 Å². The van der Waals surface area contributed by atoms with Gasteiger partial charge < -0.3 is 21.3 Å². The van der Waals surface area contributed by atoms with E-state index in [1.165, 1.54) is 0 Å². The molecule has 0 radical (unpaired) electrons. The number of benzene rings is 1. The highest BCUT2D eigenvalue weighted by Crippen LogP contribution is 2.19. The van der Waals surface area contributed by atoms with Gasteiger partial charge >= 0.3 is 6.03 Å². The highest BCUT2D eigenvalue weighted by atomic mass is 35.5. The average molecular weight is 355 g/mol. The first-order valence-corrected chi connectivity index (χ1v) is 8.20. The number of nitrogens with one attached hydrogen (secondary N) is 4. The third-order valence-corrected chi connectivity index (χ3v) is 3.79. The second-order valence-corrected chi connectivity index (χ2v) is 5.99. The van der Waals surface area contributed by atoms with Crippen LogP contribution in [0.2, 0.25) is 0 Å². The molecule has 7 heteroatoms. The van der Waals surface area contributed by atoms with Crippen molar-refractivity contribution in [3.05, 3.63) is 29.8 Å². The number of hydrogen-bond acceptors (Lipinski definition) is 3. The summed E-state index contributed by atoms with van der Waals surface area (Å²) in [4.78, 5) is 23.5. The van der Waals surface area contributed by atoms with Gasteiger partial charge in [0.2, 0.25) is 5.91 Å². The summed E-state index contributed by atoms with van der Waals surface area (Å²) in [5.74, 6) is 0.0544. The molecule has 0 spiro atoms. The summed E-state index contributed by atoms with van der Waals surface area (Å²) >= 11 is 0. The fourth-order valence-electron chi connectivity index (χ4n) is 2.26. The molecule has 0 aromatic heterocycles. The molecule has 0 saturated heterocycles. The number of urea groups is 1. The van der Waals surface area contributed by atoms with Gasteiger partial charge in [-0.25, -0.2) is 4.79 Å². The Hall–Kier alpha value is -1.79. The van der Waals surface area contributed by atoms with Crippen LogP contribution in [0.3, 0.4) is 0 Å². The van der Waals surface area contributed by atoms with E-state index in [-0.39, 0.29) is 30.4 Å². The molecule has 1 atom stereocenters. The van der Waals surface area contributed by atoms with Gasteiger partial charge in [0.05, 0.1) is 6.04 Å². The lowest BCUT2D eigenvalue weighted by Crippen LogP contribution is -2.30. The molecule has 2 rings (SSSR count). The van der Waals surface area contributed by atoms with Crippen molar-refractivity contribution in [3.8, 4) is 0 Å². The molecule has 1 aliphatic rings. The molecule has 1 saturated carbocycles. The van der Waals surface area contributed by atoms with Crippen LogP contribution in [-0.4, -0.2) is 31.6 Å². The maximum Gasteiger partial charge on any atom is 0.319 e. The molecule has 0 bridgehead atoms. The number of amides is 3. The van der Waals surface area contributed by atoms with E-state index < -0.39 is 0 Å². The third kappa shape index (κ3) is 7.19. The lowest BCUT2D eigenvalue weighted by atomic mass is 10.1. The quantitative estimate of drug-likeness (QED) is 0.541. The largest absolute Gasteiger partial charge is 0.350 e. The summed E-state index contributed by atoms with van der Waals surface area (Å²) < 4.78 is 0. The van der Waals surface area contributed by atoms with Crippen molar-refractivity contribution in [2.75, 3.05) is 18.9 Å². The minimum absolute atomic E-state index is 0. The summed E-state index contributed by atoms with van der Waals surface area (Å²) in [6.07, 6.45) is 3.48. The van der Waals surface area contributed by atoms with Crippen LogP contribution in [0.1, 0.15) is 44.2 Å². The van der Waals surface area contributed by atoms with Crippen LogP contribution in [0, 0.1) is 0 Å². The van der Waals surface area contributed by atoms with Gasteiger partial charge in [0.15, 0.2) is 0 Å². The molecule has 1 aliphatic carbocycles. The SMILES string of the molecule is CNCCCC(=O)NC(C)c1ccc(NC(=O)NC2CC2)cc1.Cl. The van der Waals surface area contributed by atoms with Gasteiger partial charge in [0.1, 0.15) is 0 Å². The molecule has 24 heavy (non-hydrogen) atoms. The van der Waals surface area contributed by atoms with Gasteiger partial charge in [-0.1, -0.05) is 12.1 Å². The minimum atomic E-state index is -0.161. The Labute approximate surface area is 149 Å². The lowest BCUT2D eigenvalue weighted by Gasteiger charge is -2.15. The van der Waals surface area contributed by atoms with E-state index in [1.54, 1.807) is 0 Å². The summed E-state index contributed by atoms with van der Waals surface area (Å²) in [6, 6.07) is 7.68. The zero-order chi connectivity index (χ0) is 16.7. The van der Waals surface area contributed by atoms with Crippen molar-refractivity contribution in [1.29, 1.82) is 0 Å². The average Bonchev–Trinajstić information content (AvgIpc) is 3.32. The maximum atomic E-state index is 11.8. The molecule has 3 amide bonds. The predicted octanol–water partition coefficient (Wildman–Crippen LogP) is 2.57. The number of hydrogen-bond donors (Lipinski definition) is 4. The Morgan fingerprint density at radius 1 is 1.21 bits per heavy atom. The van der Waals surface area contributed by atoms with Gasteiger partial charge in [0, 0.05) is 18.2 Å². The lowest BCUT2D eigenvalue weighted by molar-refractivity contribution is -0.121. The Balaban J connectivity index is 0.00000288. The van der Waals surface area contributed by atoms with E-state index in [0.29, 0.717) is 12.5 Å². The molecule has 1 aromatic carbocycles. The standard InChI is InChI=1S/C17H26N4O2.ClH/c1-12(19-16(22)4-3-11-18-2)13-5-7-14(8-6-13)20-17(23)21-15-9-10-15;/h5-8,12,15,18H,3-4,9-11H2,1-2H3,(H,19,22)(H2,20,21,23);1H. The fraction of sp³-hybridized carbons (Fsp3) is 0.529. The van der Waals surface area contributed by atoms with E-state index in [0.717, 1.165) is 37.1 Å². The van der Waals surface area contributed by atoms with Gasteiger partial charge in [0.25, 0.3) is 0 Å². The van der Waals surface area contributed by atoms with E-state index in [2.05, 4.69) is 21.3 Å². The summed E-state index contributed by atoms with van der Waals surface area (Å²) in [5.41, 5.74) is 1.76. The van der Waals surface area contributed by atoms with Gasteiger partial charge in [-0.3, -0.25) is 4.79 Å².